The van der Waals surface area contributed by atoms with Gasteiger partial charge < -0.3 is 19.0 Å². The second-order valence-corrected chi connectivity index (χ2v) is 8.99. The molecule has 0 N–H and O–H groups in total. The molecular weight excluding hydrogens is 404 g/mol. The lowest BCUT2D eigenvalue weighted by molar-refractivity contribution is -0.138. The summed E-state index contributed by atoms with van der Waals surface area (Å²) in [5.74, 6) is 1.52. The number of hydrogen-bond acceptors (Lipinski definition) is 7. The molecule has 0 aliphatic carbocycles. The van der Waals surface area contributed by atoms with Crippen LogP contribution >= 0.6 is 11.8 Å². The van der Waals surface area contributed by atoms with E-state index in [4.69, 9.17) is 9.15 Å². The maximum atomic E-state index is 12.9. The predicted octanol–water partition coefficient (Wildman–Crippen LogP) is 2.58. The Labute approximate surface area is 180 Å². The first-order valence-corrected chi connectivity index (χ1v) is 11.1. The van der Waals surface area contributed by atoms with Crippen molar-refractivity contribution in [2.45, 2.75) is 51.0 Å². The van der Waals surface area contributed by atoms with E-state index >= 15 is 0 Å². The fraction of sp³-hybridized carbons (Fsp3) is 0.524. The molecule has 2 aromatic rings. The monoisotopic (exact) mass is 430 g/mol. The van der Waals surface area contributed by atoms with Gasteiger partial charge in [0.1, 0.15) is 11.4 Å². The second kappa shape index (κ2) is 8.29. The largest absolute Gasteiger partial charge is 0.483 e. The molecular formula is C21H26N4O4S. The topological polar surface area (TPSA) is 88.8 Å². The molecule has 0 bridgehead atoms. The van der Waals surface area contributed by atoms with Crippen LogP contribution in [0.5, 0.6) is 5.75 Å². The van der Waals surface area contributed by atoms with Crippen molar-refractivity contribution >= 4 is 23.6 Å². The van der Waals surface area contributed by atoms with Crippen LogP contribution in [0, 0.1) is 13.8 Å². The van der Waals surface area contributed by atoms with E-state index < -0.39 is 5.60 Å². The van der Waals surface area contributed by atoms with Crippen LogP contribution in [0.15, 0.2) is 27.8 Å². The van der Waals surface area contributed by atoms with Gasteiger partial charge in [-0.25, -0.2) is 0 Å². The van der Waals surface area contributed by atoms with Gasteiger partial charge in [0.2, 0.25) is 17.7 Å². The SMILES string of the molecule is CC(=O)N1Cc2cc(C)ccc2OC2(CCCN(C(=O)CSc3nnc(C)o3)C2)C1. The molecule has 2 amide bonds. The van der Waals surface area contributed by atoms with Crippen LogP contribution in [-0.4, -0.2) is 62.8 Å². The molecule has 1 aromatic carbocycles. The molecule has 8 nitrogen and oxygen atoms in total. The van der Waals surface area contributed by atoms with Crippen LogP contribution in [0.4, 0.5) is 0 Å². The van der Waals surface area contributed by atoms with Crippen LogP contribution in [-0.2, 0) is 16.1 Å². The molecule has 9 heteroatoms. The van der Waals surface area contributed by atoms with Crippen molar-refractivity contribution in [1.29, 1.82) is 0 Å². The molecule has 1 atom stereocenters. The van der Waals surface area contributed by atoms with Crippen LogP contribution in [0.25, 0.3) is 0 Å². The van der Waals surface area contributed by atoms with E-state index in [0.717, 1.165) is 29.7 Å². The second-order valence-electron chi connectivity index (χ2n) is 8.07. The maximum absolute atomic E-state index is 12.9. The third kappa shape index (κ3) is 4.45. The van der Waals surface area contributed by atoms with E-state index in [1.54, 1.807) is 13.8 Å². The molecule has 1 saturated heterocycles. The zero-order chi connectivity index (χ0) is 21.3. The molecule has 30 heavy (non-hydrogen) atoms. The van der Waals surface area contributed by atoms with Gasteiger partial charge in [0.15, 0.2) is 0 Å². The minimum atomic E-state index is -0.605. The van der Waals surface area contributed by atoms with Crippen molar-refractivity contribution in [1.82, 2.24) is 20.0 Å². The van der Waals surface area contributed by atoms with Gasteiger partial charge in [-0.05, 0) is 25.8 Å². The predicted molar refractivity (Wildman–Crippen MR) is 111 cm³/mol. The van der Waals surface area contributed by atoms with E-state index in [1.807, 2.05) is 28.9 Å². The van der Waals surface area contributed by atoms with E-state index in [9.17, 15) is 9.59 Å². The van der Waals surface area contributed by atoms with Gasteiger partial charge in [0.05, 0.1) is 18.8 Å². The Morgan fingerprint density at radius 2 is 2.00 bits per heavy atom. The number of carbonyl (C=O) groups is 2. The lowest BCUT2D eigenvalue weighted by atomic mass is 9.91. The number of aryl methyl sites for hydroxylation is 2. The summed E-state index contributed by atoms with van der Waals surface area (Å²) in [5, 5.41) is 8.11. The Balaban J connectivity index is 1.52. The highest BCUT2D eigenvalue weighted by molar-refractivity contribution is 7.99. The minimum absolute atomic E-state index is 0.00118. The van der Waals surface area contributed by atoms with E-state index in [1.165, 1.54) is 11.8 Å². The first-order chi connectivity index (χ1) is 14.3. The van der Waals surface area contributed by atoms with Crippen molar-refractivity contribution in [2.75, 3.05) is 25.4 Å². The molecule has 1 aromatic heterocycles. The standard InChI is InChI=1S/C21H26N4O4S/c1-14-5-6-18-17(9-14)10-25(16(3)26)13-21(29-18)7-4-8-24(12-21)19(27)11-30-20-23-22-15(2)28-20/h5-6,9H,4,7-8,10-13H2,1-3H3. The van der Waals surface area contributed by atoms with Gasteiger partial charge in [0.25, 0.3) is 5.22 Å². The number of rotatable bonds is 3. The number of carbonyl (C=O) groups excluding carboxylic acids is 2. The van der Waals surface area contributed by atoms with Gasteiger partial charge in [-0.3, -0.25) is 9.59 Å². The lowest BCUT2D eigenvalue weighted by Crippen LogP contribution is -2.58. The van der Waals surface area contributed by atoms with Crippen molar-refractivity contribution in [3.63, 3.8) is 0 Å². The Bertz CT molecular complexity index is 962. The third-order valence-electron chi connectivity index (χ3n) is 5.55. The Kier molecular flexibility index (Phi) is 5.73. The Morgan fingerprint density at radius 1 is 1.20 bits per heavy atom. The number of hydrogen-bond donors (Lipinski definition) is 0. The first-order valence-electron chi connectivity index (χ1n) is 10.1. The van der Waals surface area contributed by atoms with Crippen LogP contribution in [0.3, 0.4) is 0 Å². The fourth-order valence-electron chi connectivity index (χ4n) is 4.10. The highest BCUT2D eigenvalue weighted by Gasteiger charge is 2.43. The van der Waals surface area contributed by atoms with Crippen molar-refractivity contribution < 1.29 is 18.7 Å². The van der Waals surface area contributed by atoms with Crippen LogP contribution in [0.2, 0.25) is 0 Å². The van der Waals surface area contributed by atoms with Gasteiger partial charge in [0, 0.05) is 32.5 Å². The molecule has 2 aliphatic rings. The Hall–Kier alpha value is -2.55. The highest BCUT2D eigenvalue weighted by atomic mass is 32.2. The summed E-state index contributed by atoms with van der Waals surface area (Å²) < 4.78 is 11.9. The number of ether oxygens (including phenoxy) is 1. The third-order valence-corrected chi connectivity index (χ3v) is 6.35. The Morgan fingerprint density at radius 3 is 2.73 bits per heavy atom. The van der Waals surface area contributed by atoms with Crippen LogP contribution < -0.4 is 4.74 Å². The minimum Gasteiger partial charge on any atom is -0.483 e. The number of benzene rings is 1. The normalized spacial score (nSPS) is 21.2. The molecule has 3 heterocycles. The fourth-order valence-corrected chi connectivity index (χ4v) is 4.81. The molecule has 4 rings (SSSR count). The maximum Gasteiger partial charge on any atom is 0.277 e. The van der Waals surface area contributed by atoms with Gasteiger partial charge in [-0.1, -0.05) is 29.5 Å². The zero-order valence-electron chi connectivity index (χ0n) is 17.5. The summed E-state index contributed by atoms with van der Waals surface area (Å²) in [5.41, 5.74) is 1.53. The van der Waals surface area contributed by atoms with E-state index in [0.29, 0.717) is 37.3 Å². The van der Waals surface area contributed by atoms with Crippen LogP contribution in [0.1, 0.15) is 36.8 Å². The number of fused-ring (bicyclic) bond motifs is 1. The number of likely N-dealkylation sites (tertiary alicyclic amines) is 1. The highest BCUT2D eigenvalue weighted by Crippen LogP contribution is 2.35. The smallest absolute Gasteiger partial charge is 0.277 e. The molecule has 1 spiro atoms. The van der Waals surface area contributed by atoms with Crippen molar-refractivity contribution in [2.24, 2.45) is 0 Å². The molecule has 0 radical (unpaired) electrons. The molecule has 160 valence electrons. The summed E-state index contributed by atoms with van der Waals surface area (Å²) >= 11 is 1.24. The quantitative estimate of drug-likeness (QED) is 0.692. The number of thioether (sulfide) groups is 1. The lowest BCUT2D eigenvalue weighted by Gasteiger charge is -2.43. The van der Waals surface area contributed by atoms with Gasteiger partial charge >= 0.3 is 0 Å². The van der Waals surface area contributed by atoms with Crippen molar-refractivity contribution in [3.8, 4) is 5.75 Å². The number of amides is 2. The average molecular weight is 431 g/mol. The molecule has 1 fully saturated rings. The number of piperidine rings is 1. The summed E-state index contributed by atoms with van der Waals surface area (Å²) in [6, 6.07) is 6.06. The first kappa shape index (κ1) is 20.7. The zero-order valence-corrected chi connectivity index (χ0v) is 18.3. The molecule has 1 unspecified atom stereocenters. The molecule has 0 saturated carbocycles. The summed E-state index contributed by atoms with van der Waals surface area (Å²) in [6.45, 7) is 7.45. The van der Waals surface area contributed by atoms with Crippen molar-refractivity contribution in [3.05, 3.63) is 35.2 Å². The number of aromatic nitrogens is 2. The van der Waals surface area contributed by atoms with Gasteiger partial charge in [-0.2, -0.15) is 0 Å². The molecule has 2 aliphatic heterocycles. The summed E-state index contributed by atoms with van der Waals surface area (Å²) in [4.78, 5) is 28.8. The summed E-state index contributed by atoms with van der Waals surface area (Å²) in [7, 11) is 0. The average Bonchev–Trinajstić information content (AvgIpc) is 3.06. The number of nitrogens with zero attached hydrogens (tertiary/aromatic N) is 4. The van der Waals surface area contributed by atoms with E-state index in [-0.39, 0.29) is 17.6 Å². The summed E-state index contributed by atoms with van der Waals surface area (Å²) in [6.07, 6.45) is 1.62. The van der Waals surface area contributed by atoms with Gasteiger partial charge in [-0.15, -0.1) is 10.2 Å². The van der Waals surface area contributed by atoms with E-state index in [2.05, 4.69) is 16.3 Å².